The number of ether oxygens (including phenoxy) is 1. The smallest absolute Gasteiger partial charge is 0.165 e. The molecule has 18 heavy (non-hydrogen) atoms. The molecule has 2 nitrogen and oxygen atoms in total. The molecule has 0 spiro atoms. The number of benzene rings is 2. The minimum atomic E-state index is -0.488. The molecule has 0 N–H and O–H groups in total. The highest BCUT2D eigenvalue weighted by molar-refractivity contribution is 9.10. The number of aldehydes is 1. The summed E-state index contributed by atoms with van der Waals surface area (Å²) in [6.07, 6.45) is 0.663. The molecule has 0 saturated heterocycles. The van der Waals surface area contributed by atoms with Crippen LogP contribution in [0.15, 0.2) is 45.3 Å². The molecule has 92 valence electrons. The molecule has 2 aromatic carbocycles. The first-order valence-electron chi connectivity index (χ1n) is 4.98. The summed E-state index contributed by atoms with van der Waals surface area (Å²) in [7, 11) is 0. The molecule has 0 aliphatic heterocycles. The van der Waals surface area contributed by atoms with Crippen LogP contribution < -0.4 is 4.74 Å². The van der Waals surface area contributed by atoms with Crippen molar-refractivity contribution in [3.8, 4) is 11.5 Å². The molecule has 0 atom stereocenters. The van der Waals surface area contributed by atoms with E-state index in [0.29, 0.717) is 22.1 Å². The van der Waals surface area contributed by atoms with Gasteiger partial charge in [0.1, 0.15) is 5.75 Å². The Kier molecular flexibility index (Phi) is 4.14. The topological polar surface area (TPSA) is 26.3 Å². The van der Waals surface area contributed by atoms with Gasteiger partial charge in [-0.2, -0.15) is 0 Å². The maximum atomic E-state index is 13.5. The Morgan fingerprint density at radius 2 is 1.67 bits per heavy atom. The molecule has 2 rings (SSSR count). The van der Waals surface area contributed by atoms with E-state index in [1.54, 1.807) is 24.3 Å². The third-order valence-corrected chi connectivity index (χ3v) is 3.20. The number of carbonyl (C=O) groups excluding carboxylic acids is 1. The van der Waals surface area contributed by atoms with Crippen LogP contribution in [0.3, 0.4) is 0 Å². The third kappa shape index (κ3) is 2.97. The summed E-state index contributed by atoms with van der Waals surface area (Å²) in [5, 5.41) is 0. The van der Waals surface area contributed by atoms with Crippen LogP contribution in [0.1, 0.15) is 10.4 Å². The van der Waals surface area contributed by atoms with Gasteiger partial charge in [0.2, 0.25) is 0 Å². The monoisotopic (exact) mass is 372 g/mol. The van der Waals surface area contributed by atoms with Crippen molar-refractivity contribution in [2.75, 3.05) is 0 Å². The predicted molar refractivity (Wildman–Crippen MR) is 73.7 cm³/mol. The van der Waals surface area contributed by atoms with E-state index in [2.05, 4.69) is 31.9 Å². The van der Waals surface area contributed by atoms with Crippen LogP contribution in [0, 0.1) is 5.82 Å². The Morgan fingerprint density at radius 3 is 2.39 bits per heavy atom. The maximum absolute atomic E-state index is 13.5. The molecular weight excluding hydrogens is 367 g/mol. The van der Waals surface area contributed by atoms with Crippen molar-refractivity contribution in [3.05, 3.63) is 56.7 Å². The van der Waals surface area contributed by atoms with Crippen LogP contribution in [-0.2, 0) is 0 Å². The quantitative estimate of drug-likeness (QED) is 0.711. The first-order chi connectivity index (χ1) is 8.60. The number of rotatable bonds is 3. The molecule has 0 fully saturated rings. The number of hydrogen-bond donors (Lipinski definition) is 0. The zero-order valence-corrected chi connectivity index (χ0v) is 12.2. The molecule has 2 aromatic rings. The van der Waals surface area contributed by atoms with Crippen molar-refractivity contribution in [3.63, 3.8) is 0 Å². The third-order valence-electron chi connectivity index (χ3n) is 2.21. The Labute approximate surface area is 120 Å². The van der Waals surface area contributed by atoms with Crippen LogP contribution in [0.5, 0.6) is 11.5 Å². The van der Waals surface area contributed by atoms with Crippen molar-refractivity contribution >= 4 is 38.1 Å². The van der Waals surface area contributed by atoms with Gasteiger partial charge < -0.3 is 4.74 Å². The zero-order valence-electron chi connectivity index (χ0n) is 8.99. The standard InChI is InChI=1S/C13H7Br2FO2/c14-9-2-4-12(8(5-9)7-17)18-13-6-10(15)1-3-11(13)16/h1-7H. The lowest BCUT2D eigenvalue weighted by Gasteiger charge is -2.09. The molecule has 5 heteroatoms. The van der Waals surface area contributed by atoms with Gasteiger partial charge >= 0.3 is 0 Å². The van der Waals surface area contributed by atoms with Crippen molar-refractivity contribution in [1.82, 2.24) is 0 Å². The van der Waals surface area contributed by atoms with Crippen molar-refractivity contribution in [2.24, 2.45) is 0 Å². The van der Waals surface area contributed by atoms with E-state index in [1.807, 2.05) is 0 Å². The number of hydrogen-bond acceptors (Lipinski definition) is 2. The van der Waals surface area contributed by atoms with Gasteiger partial charge in [-0.3, -0.25) is 4.79 Å². The van der Waals surface area contributed by atoms with E-state index in [4.69, 9.17) is 4.74 Å². The SMILES string of the molecule is O=Cc1cc(Br)ccc1Oc1cc(Br)ccc1F. The van der Waals surface area contributed by atoms with Crippen molar-refractivity contribution in [1.29, 1.82) is 0 Å². The van der Waals surface area contributed by atoms with Gasteiger partial charge in [-0.15, -0.1) is 0 Å². The van der Waals surface area contributed by atoms with Crippen LogP contribution in [0.2, 0.25) is 0 Å². The van der Waals surface area contributed by atoms with Gasteiger partial charge in [0.25, 0.3) is 0 Å². The summed E-state index contributed by atoms with van der Waals surface area (Å²) in [5.74, 6) is -0.113. The molecular formula is C13H7Br2FO2. The number of carbonyl (C=O) groups is 1. The van der Waals surface area contributed by atoms with Crippen LogP contribution >= 0.6 is 31.9 Å². The van der Waals surface area contributed by atoms with Gasteiger partial charge in [0, 0.05) is 8.95 Å². The second kappa shape index (κ2) is 5.63. The molecule has 0 radical (unpaired) electrons. The highest BCUT2D eigenvalue weighted by Crippen LogP contribution is 2.30. The molecule has 0 heterocycles. The maximum Gasteiger partial charge on any atom is 0.165 e. The lowest BCUT2D eigenvalue weighted by atomic mass is 10.2. The predicted octanol–water partition coefficient (Wildman–Crippen LogP) is 4.96. The highest BCUT2D eigenvalue weighted by atomic mass is 79.9. The Morgan fingerprint density at radius 1 is 1.00 bits per heavy atom. The van der Waals surface area contributed by atoms with Gasteiger partial charge in [0.15, 0.2) is 17.9 Å². The van der Waals surface area contributed by atoms with E-state index in [1.165, 1.54) is 12.1 Å². The summed E-state index contributed by atoms with van der Waals surface area (Å²) in [6, 6.07) is 9.31. The molecule has 0 saturated carbocycles. The van der Waals surface area contributed by atoms with Gasteiger partial charge in [-0.1, -0.05) is 31.9 Å². The Bertz CT molecular complexity index is 600. The second-order valence-corrected chi connectivity index (χ2v) is 5.31. The van der Waals surface area contributed by atoms with E-state index < -0.39 is 5.82 Å². The van der Waals surface area contributed by atoms with E-state index >= 15 is 0 Å². The first kappa shape index (κ1) is 13.2. The fraction of sp³-hybridized carbons (Fsp3) is 0. The van der Waals surface area contributed by atoms with Crippen molar-refractivity contribution in [2.45, 2.75) is 0 Å². The van der Waals surface area contributed by atoms with Crippen molar-refractivity contribution < 1.29 is 13.9 Å². The summed E-state index contributed by atoms with van der Waals surface area (Å²) in [4.78, 5) is 10.9. The highest BCUT2D eigenvalue weighted by Gasteiger charge is 2.09. The van der Waals surface area contributed by atoms with Crippen LogP contribution in [0.25, 0.3) is 0 Å². The molecule has 0 aromatic heterocycles. The zero-order chi connectivity index (χ0) is 13.1. The fourth-order valence-corrected chi connectivity index (χ4v) is 2.10. The van der Waals surface area contributed by atoms with Gasteiger partial charge in [0.05, 0.1) is 5.56 Å². The first-order valence-corrected chi connectivity index (χ1v) is 6.56. The second-order valence-electron chi connectivity index (χ2n) is 3.48. The minimum Gasteiger partial charge on any atom is -0.453 e. The minimum absolute atomic E-state index is 0.0646. The van der Waals surface area contributed by atoms with Gasteiger partial charge in [-0.25, -0.2) is 4.39 Å². The average molecular weight is 374 g/mol. The normalized spacial score (nSPS) is 10.2. The van der Waals surface area contributed by atoms with E-state index in [0.717, 1.165) is 4.47 Å². The number of halogens is 3. The molecule has 0 aliphatic rings. The Balaban J connectivity index is 2.39. The van der Waals surface area contributed by atoms with E-state index in [9.17, 15) is 9.18 Å². The largest absolute Gasteiger partial charge is 0.453 e. The lowest BCUT2D eigenvalue weighted by molar-refractivity contribution is 0.112. The van der Waals surface area contributed by atoms with E-state index in [-0.39, 0.29) is 5.75 Å². The average Bonchev–Trinajstić information content (AvgIpc) is 2.36. The molecule has 0 amide bonds. The molecule has 0 aliphatic carbocycles. The molecule has 0 bridgehead atoms. The van der Waals surface area contributed by atoms with Gasteiger partial charge in [-0.05, 0) is 36.4 Å². The molecule has 0 unspecified atom stereocenters. The fourth-order valence-electron chi connectivity index (χ4n) is 1.38. The van der Waals surface area contributed by atoms with Crippen LogP contribution in [0.4, 0.5) is 4.39 Å². The summed E-state index contributed by atoms with van der Waals surface area (Å²) in [5.41, 5.74) is 0.351. The van der Waals surface area contributed by atoms with Crippen LogP contribution in [-0.4, -0.2) is 6.29 Å². The summed E-state index contributed by atoms with van der Waals surface area (Å²) in [6.45, 7) is 0. The summed E-state index contributed by atoms with van der Waals surface area (Å²) >= 11 is 6.49. The summed E-state index contributed by atoms with van der Waals surface area (Å²) < 4.78 is 20.4. The lowest BCUT2D eigenvalue weighted by Crippen LogP contribution is -1.92. The Hall–Kier alpha value is -1.20.